The van der Waals surface area contributed by atoms with Crippen molar-refractivity contribution in [3.63, 3.8) is 0 Å². The van der Waals surface area contributed by atoms with Crippen molar-refractivity contribution in [2.75, 3.05) is 5.75 Å². The zero-order valence-corrected chi connectivity index (χ0v) is 11.7. The molecule has 0 saturated heterocycles. The Labute approximate surface area is 110 Å². The third-order valence-electron chi connectivity index (χ3n) is 2.87. The van der Waals surface area contributed by atoms with Gasteiger partial charge in [0.2, 0.25) is 5.78 Å². The second-order valence-corrected chi connectivity index (χ2v) is 4.86. The van der Waals surface area contributed by atoms with Crippen LogP contribution in [0.4, 0.5) is 0 Å². The number of hydrogen-bond acceptors (Lipinski definition) is 2. The smallest absolute Gasteiger partial charge is 0.331 e. The number of thiol groups is 1. The molecule has 0 aromatic rings. The molecule has 0 aliphatic heterocycles. The molecule has 0 atom stereocenters. The quantitative estimate of drug-likeness (QED) is 0.198. The molecular weight excluding hydrogens is 232 g/mol. The number of ketones is 1. The van der Waals surface area contributed by atoms with Crippen LogP contribution >= 0.6 is 12.6 Å². The van der Waals surface area contributed by atoms with Crippen LogP contribution in [-0.4, -0.2) is 22.0 Å². The van der Waals surface area contributed by atoms with E-state index in [2.05, 4.69) is 17.4 Å². The highest BCUT2D eigenvalue weighted by Gasteiger charge is 2.11. The molecule has 3 nitrogen and oxygen atoms in total. The van der Waals surface area contributed by atoms with Gasteiger partial charge in [-0.15, -0.1) is 0 Å². The molecule has 0 amide bonds. The van der Waals surface area contributed by atoms with Crippen LogP contribution in [-0.2, 0) is 4.79 Å². The van der Waals surface area contributed by atoms with E-state index in [1.165, 1.54) is 38.5 Å². The lowest BCUT2D eigenvalue weighted by molar-refractivity contribution is -0.117. The number of unbranched alkanes of at least 4 members (excludes halogenated alkanes) is 7. The van der Waals surface area contributed by atoms with Crippen molar-refractivity contribution >= 4 is 24.1 Å². The van der Waals surface area contributed by atoms with Gasteiger partial charge in [0.25, 0.3) is 0 Å². The Balaban J connectivity index is 3.24. The molecule has 98 valence electrons. The molecule has 0 spiro atoms. The first-order valence-electron chi connectivity index (χ1n) is 6.55. The third kappa shape index (κ3) is 10.3. The van der Waals surface area contributed by atoms with Crippen LogP contribution in [0.25, 0.3) is 5.53 Å². The summed E-state index contributed by atoms with van der Waals surface area (Å²) in [4.78, 5) is 14.2. The molecule has 0 rings (SSSR count). The summed E-state index contributed by atoms with van der Waals surface area (Å²) in [5.74, 6) is 0.953. The summed E-state index contributed by atoms with van der Waals surface area (Å²) in [6.07, 6.45) is 10.1. The Kier molecular flexibility index (Phi) is 11.5. The second kappa shape index (κ2) is 11.9. The zero-order valence-electron chi connectivity index (χ0n) is 10.8. The molecule has 0 aliphatic rings. The van der Waals surface area contributed by atoms with E-state index in [0.717, 1.165) is 18.6 Å². The van der Waals surface area contributed by atoms with Crippen LogP contribution < -0.4 is 0 Å². The van der Waals surface area contributed by atoms with E-state index in [9.17, 15) is 4.79 Å². The van der Waals surface area contributed by atoms with Crippen LogP contribution in [0.5, 0.6) is 0 Å². The monoisotopic (exact) mass is 256 g/mol. The van der Waals surface area contributed by atoms with Crippen LogP contribution in [0.15, 0.2) is 0 Å². The molecule has 0 saturated carbocycles. The van der Waals surface area contributed by atoms with Gasteiger partial charge in [-0.1, -0.05) is 38.5 Å². The Hall–Kier alpha value is -0.600. The van der Waals surface area contributed by atoms with E-state index >= 15 is 0 Å². The molecule has 17 heavy (non-hydrogen) atoms. The molecule has 0 bridgehead atoms. The number of carbonyl (C=O) groups is 1. The molecule has 0 radical (unpaired) electrons. The fourth-order valence-corrected chi connectivity index (χ4v) is 1.92. The van der Waals surface area contributed by atoms with Gasteiger partial charge in [-0.25, -0.2) is 0 Å². The van der Waals surface area contributed by atoms with Crippen molar-refractivity contribution < 1.29 is 9.58 Å². The van der Waals surface area contributed by atoms with E-state index in [1.807, 2.05) is 0 Å². The van der Waals surface area contributed by atoms with Gasteiger partial charge in [0, 0.05) is 13.3 Å². The van der Waals surface area contributed by atoms with Gasteiger partial charge >= 0.3 is 5.71 Å². The van der Waals surface area contributed by atoms with Crippen molar-refractivity contribution in [1.29, 1.82) is 0 Å². The van der Waals surface area contributed by atoms with E-state index in [0.29, 0.717) is 6.42 Å². The number of carbonyl (C=O) groups excluding carboxylic acids is 1. The van der Waals surface area contributed by atoms with Gasteiger partial charge in [0.15, 0.2) is 0 Å². The van der Waals surface area contributed by atoms with Crippen molar-refractivity contribution in [3.05, 3.63) is 5.53 Å². The fraction of sp³-hybridized carbons (Fsp3) is 0.846. The van der Waals surface area contributed by atoms with E-state index in [1.54, 1.807) is 6.92 Å². The minimum atomic E-state index is -0.0405. The number of hydrogen-bond donors (Lipinski definition) is 1. The van der Waals surface area contributed by atoms with Crippen molar-refractivity contribution in [1.82, 2.24) is 0 Å². The standard InChI is InChI=1S/C13H24N2OS/c1-12(15-14)13(16)10-8-6-4-2-3-5-7-9-11-17/h17H,2-11H2,1H3. The van der Waals surface area contributed by atoms with Crippen molar-refractivity contribution in [2.24, 2.45) is 0 Å². The van der Waals surface area contributed by atoms with Crippen LogP contribution in [0.2, 0.25) is 0 Å². The maximum Gasteiger partial charge on any atom is 0.331 e. The van der Waals surface area contributed by atoms with Crippen molar-refractivity contribution in [2.45, 2.75) is 64.7 Å². The lowest BCUT2D eigenvalue weighted by Crippen LogP contribution is -2.10. The predicted octanol–water partition coefficient (Wildman–Crippen LogP) is 3.69. The summed E-state index contributed by atoms with van der Waals surface area (Å²) in [5.41, 5.74) is 8.63. The summed E-state index contributed by atoms with van der Waals surface area (Å²) in [6.45, 7) is 1.55. The predicted molar refractivity (Wildman–Crippen MR) is 74.7 cm³/mol. The van der Waals surface area contributed by atoms with Gasteiger partial charge in [0.05, 0.1) is 0 Å². The minimum Gasteiger partial charge on any atom is -0.361 e. The first kappa shape index (κ1) is 16.4. The number of Topliss-reactive ketones (excluding diaryl/α,β-unsaturated/α-hetero) is 1. The third-order valence-corrected chi connectivity index (χ3v) is 3.18. The maximum absolute atomic E-state index is 11.3. The molecule has 0 unspecified atom stereocenters. The highest BCUT2D eigenvalue weighted by Crippen LogP contribution is 2.10. The first-order chi connectivity index (χ1) is 8.22. The van der Waals surface area contributed by atoms with Crippen LogP contribution in [0, 0.1) is 0 Å². The Morgan fingerprint density at radius 2 is 1.47 bits per heavy atom. The zero-order chi connectivity index (χ0) is 12.9. The second-order valence-electron chi connectivity index (χ2n) is 4.41. The first-order valence-corrected chi connectivity index (χ1v) is 7.18. The highest BCUT2D eigenvalue weighted by molar-refractivity contribution is 7.80. The van der Waals surface area contributed by atoms with Gasteiger partial charge in [-0.3, -0.25) is 4.79 Å². The molecule has 4 heteroatoms. The van der Waals surface area contributed by atoms with Crippen LogP contribution in [0.3, 0.4) is 0 Å². The molecule has 0 N–H and O–H groups in total. The van der Waals surface area contributed by atoms with Crippen LogP contribution in [0.1, 0.15) is 64.7 Å². The van der Waals surface area contributed by atoms with Gasteiger partial charge in [-0.05, 0) is 18.6 Å². The van der Waals surface area contributed by atoms with Gasteiger partial charge < -0.3 is 5.53 Å². The largest absolute Gasteiger partial charge is 0.361 e. The lowest BCUT2D eigenvalue weighted by atomic mass is 10.1. The molecule has 0 aliphatic carbocycles. The molecule has 0 fully saturated rings. The molecule has 0 aromatic carbocycles. The highest BCUT2D eigenvalue weighted by atomic mass is 32.1. The van der Waals surface area contributed by atoms with E-state index in [4.69, 9.17) is 5.53 Å². The maximum atomic E-state index is 11.3. The summed E-state index contributed by atoms with van der Waals surface area (Å²) in [6, 6.07) is 0. The summed E-state index contributed by atoms with van der Waals surface area (Å²) in [5, 5.41) is 0. The summed E-state index contributed by atoms with van der Waals surface area (Å²) >= 11 is 4.18. The van der Waals surface area contributed by atoms with Crippen molar-refractivity contribution in [3.8, 4) is 0 Å². The minimum absolute atomic E-state index is 0.0405. The van der Waals surface area contributed by atoms with Gasteiger partial charge in [-0.2, -0.15) is 17.4 Å². The Morgan fingerprint density at radius 1 is 1.00 bits per heavy atom. The lowest BCUT2D eigenvalue weighted by Gasteiger charge is -2.00. The summed E-state index contributed by atoms with van der Waals surface area (Å²) in [7, 11) is 0. The van der Waals surface area contributed by atoms with Gasteiger partial charge in [0.1, 0.15) is 0 Å². The summed E-state index contributed by atoms with van der Waals surface area (Å²) < 4.78 is 0. The molecule has 0 heterocycles. The van der Waals surface area contributed by atoms with E-state index in [-0.39, 0.29) is 11.5 Å². The topological polar surface area (TPSA) is 53.5 Å². The Bertz CT molecular complexity index is 260. The average molecular weight is 256 g/mol. The normalized spacial score (nSPS) is 10.0. The Morgan fingerprint density at radius 3 is 1.94 bits per heavy atom. The SMILES string of the molecule is CC(=[N+]=[N-])C(=O)CCCCCCCCCCS. The average Bonchev–Trinajstić information content (AvgIpc) is 2.35. The van der Waals surface area contributed by atoms with E-state index < -0.39 is 0 Å². The molecule has 0 aromatic heterocycles. The molecular formula is C13H24N2OS. The fourth-order valence-electron chi connectivity index (χ4n) is 1.69. The number of nitrogens with zero attached hydrogens (tertiary/aromatic N) is 2. The number of rotatable bonds is 11.